The summed E-state index contributed by atoms with van der Waals surface area (Å²) in [6, 6.07) is 6.73. The molecule has 0 aliphatic carbocycles. The molecule has 1 aromatic carbocycles. The number of carbonyl (C=O) groups is 1. The second-order valence-corrected chi connectivity index (χ2v) is 6.71. The average Bonchev–Trinajstić information content (AvgIpc) is 3.32. The summed E-state index contributed by atoms with van der Waals surface area (Å²) in [4.78, 5) is 14.0. The van der Waals surface area contributed by atoms with E-state index in [9.17, 15) is 18.0 Å². The predicted octanol–water partition coefficient (Wildman–Crippen LogP) is 3.01. The van der Waals surface area contributed by atoms with Crippen molar-refractivity contribution in [2.75, 3.05) is 13.1 Å². The van der Waals surface area contributed by atoms with Crippen molar-refractivity contribution in [2.24, 2.45) is 0 Å². The van der Waals surface area contributed by atoms with Crippen molar-refractivity contribution in [3.8, 4) is 5.75 Å². The van der Waals surface area contributed by atoms with Gasteiger partial charge in [0.25, 0.3) is 5.91 Å². The molecule has 0 saturated carbocycles. The number of hydrogen-bond acceptors (Lipinski definition) is 4. The number of alkyl halides is 3. The molecule has 1 aliphatic rings. The molecule has 0 radical (unpaired) electrons. The number of hydrogen-bond donors (Lipinski definition) is 1. The molecule has 1 N–H and O–H groups in total. The van der Waals surface area contributed by atoms with E-state index in [1.807, 2.05) is 0 Å². The molecule has 0 spiro atoms. The smallest absolute Gasteiger partial charge is 0.406 e. The Kier molecular flexibility index (Phi) is 4.70. The fraction of sp³-hybridized carbons (Fsp3) is 0.389. The Balaban J connectivity index is 1.43. The highest BCUT2D eigenvalue weighted by Gasteiger charge is 2.29. The molecule has 28 heavy (non-hydrogen) atoms. The molecule has 0 bridgehead atoms. The summed E-state index contributed by atoms with van der Waals surface area (Å²) in [5.41, 5.74) is 0.753. The second-order valence-electron chi connectivity index (χ2n) is 6.71. The molecule has 4 rings (SSSR count). The molecule has 1 saturated heterocycles. The second kappa shape index (κ2) is 7.17. The van der Waals surface area contributed by atoms with Gasteiger partial charge in [0.05, 0.1) is 11.7 Å². The zero-order valence-corrected chi connectivity index (χ0v) is 14.8. The number of nitrogens with zero attached hydrogens (tertiary/aromatic N) is 4. The van der Waals surface area contributed by atoms with Crippen LogP contribution in [0.2, 0.25) is 0 Å². The summed E-state index contributed by atoms with van der Waals surface area (Å²) in [6.45, 7) is -0.00859. The van der Waals surface area contributed by atoms with E-state index in [4.69, 9.17) is 4.74 Å². The SMILES string of the molecule is O=C(c1cn[nH]n1)N1CCC(Oc2cccc3c2ccn3CC(F)(F)F)CC1. The monoisotopic (exact) mass is 393 g/mol. The number of nitrogens with one attached hydrogen (secondary N) is 1. The quantitative estimate of drug-likeness (QED) is 0.739. The molecule has 2 aromatic heterocycles. The Morgan fingerprint density at radius 2 is 2.04 bits per heavy atom. The van der Waals surface area contributed by atoms with Crippen LogP contribution in [-0.2, 0) is 6.54 Å². The van der Waals surface area contributed by atoms with Gasteiger partial charge in [-0.15, -0.1) is 0 Å². The van der Waals surface area contributed by atoms with Crippen LogP contribution in [0.4, 0.5) is 13.2 Å². The fourth-order valence-corrected chi connectivity index (χ4v) is 3.45. The highest BCUT2D eigenvalue weighted by Crippen LogP contribution is 2.31. The van der Waals surface area contributed by atoms with Crippen molar-refractivity contribution in [1.82, 2.24) is 24.9 Å². The van der Waals surface area contributed by atoms with Crippen molar-refractivity contribution < 1.29 is 22.7 Å². The average molecular weight is 393 g/mol. The Bertz CT molecular complexity index is 959. The van der Waals surface area contributed by atoms with Crippen molar-refractivity contribution in [3.05, 3.63) is 42.4 Å². The first-order valence-corrected chi connectivity index (χ1v) is 8.87. The standard InChI is InChI=1S/C18H18F3N5O2/c19-18(20,21)11-26-9-6-13-15(26)2-1-3-16(13)28-12-4-7-25(8-5-12)17(27)14-10-22-24-23-14/h1-3,6,9-10,12H,4-5,7-8,11H2,(H,22,23,24). The van der Waals surface area contributed by atoms with Crippen LogP contribution in [0.5, 0.6) is 5.75 Å². The number of fused-ring (bicyclic) bond motifs is 1. The van der Waals surface area contributed by atoms with Gasteiger partial charge in [-0.3, -0.25) is 4.79 Å². The summed E-state index contributed by atoms with van der Waals surface area (Å²) in [6.07, 6.45) is -0.335. The third-order valence-electron chi connectivity index (χ3n) is 4.78. The van der Waals surface area contributed by atoms with Gasteiger partial charge in [-0.2, -0.15) is 28.6 Å². The molecule has 0 atom stereocenters. The first kappa shape index (κ1) is 18.3. The van der Waals surface area contributed by atoms with Gasteiger partial charge in [-0.05, 0) is 18.2 Å². The van der Waals surface area contributed by atoms with Gasteiger partial charge in [0.2, 0.25) is 0 Å². The zero-order valence-electron chi connectivity index (χ0n) is 14.8. The molecule has 3 aromatic rings. The molecule has 1 fully saturated rings. The van der Waals surface area contributed by atoms with Crippen LogP contribution >= 0.6 is 0 Å². The van der Waals surface area contributed by atoms with Crippen LogP contribution in [0.15, 0.2) is 36.7 Å². The van der Waals surface area contributed by atoms with E-state index in [1.165, 1.54) is 17.0 Å². The van der Waals surface area contributed by atoms with Crippen LogP contribution < -0.4 is 4.74 Å². The lowest BCUT2D eigenvalue weighted by Gasteiger charge is -2.31. The van der Waals surface area contributed by atoms with Crippen LogP contribution in [0.3, 0.4) is 0 Å². The minimum Gasteiger partial charge on any atom is -0.490 e. The number of aromatic amines is 1. The van der Waals surface area contributed by atoms with E-state index in [1.54, 1.807) is 29.2 Å². The summed E-state index contributed by atoms with van der Waals surface area (Å²) < 4.78 is 45.4. The fourth-order valence-electron chi connectivity index (χ4n) is 3.45. The number of carbonyl (C=O) groups excluding carboxylic acids is 1. The maximum Gasteiger partial charge on any atom is 0.406 e. The molecule has 1 amide bonds. The summed E-state index contributed by atoms with van der Waals surface area (Å²) in [5.74, 6) is 0.373. The number of ether oxygens (including phenoxy) is 1. The normalized spacial score (nSPS) is 15.9. The zero-order chi connectivity index (χ0) is 19.7. The third-order valence-corrected chi connectivity index (χ3v) is 4.78. The van der Waals surface area contributed by atoms with E-state index < -0.39 is 12.7 Å². The summed E-state index contributed by atoms with van der Waals surface area (Å²) in [5, 5.41) is 10.5. The molecule has 148 valence electrons. The summed E-state index contributed by atoms with van der Waals surface area (Å²) >= 11 is 0. The first-order chi connectivity index (χ1) is 13.4. The van der Waals surface area contributed by atoms with Gasteiger partial charge in [0, 0.05) is 37.5 Å². The molecule has 10 heteroatoms. The number of aromatic nitrogens is 4. The maximum atomic E-state index is 12.7. The Morgan fingerprint density at radius 3 is 2.71 bits per heavy atom. The molecule has 0 unspecified atom stereocenters. The van der Waals surface area contributed by atoms with Crippen molar-refractivity contribution in [1.29, 1.82) is 0 Å². The number of likely N-dealkylation sites (tertiary alicyclic amines) is 1. The number of H-pyrrole nitrogens is 1. The molecule has 7 nitrogen and oxygen atoms in total. The Hall–Kier alpha value is -3.04. The maximum absolute atomic E-state index is 12.7. The number of amides is 1. The number of piperidine rings is 1. The molecule has 3 heterocycles. The van der Waals surface area contributed by atoms with Gasteiger partial charge in [0.15, 0.2) is 5.69 Å². The Morgan fingerprint density at radius 1 is 1.25 bits per heavy atom. The number of rotatable bonds is 4. The van der Waals surface area contributed by atoms with E-state index in [2.05, 4.69) is 15.4 Å². The van der Waals surface area contributed by atoms with E-state index >= 15 is 0 Å². The highest BCUT2D eigenvalue weighted by atomic mass is 19.4. The first-order valence-electron chi connectivity index (χ1n) is 8.87. The minimum absolute atomic E-state index is 0.113. The van der Waals surface area contributed by atoms with E-state index in [0.717, 1.165) is 0 Å². The highest BCUT2D eigenvalue weighted by molar-refractivity contribution is 5.92. The summed E-state index contributed by atoms with van der Waals surface area (Å²) in [7, 11) is 0. The van der Waals surface area contributed by atoms with Gasteiger partial charge in [0.1, 0.15) is 18.4 Å². The molecular weight excluding hydrogens is 375 g/mol. The van der Waals surface area contributed by atoms with Gasteiger partial charge < -0.3 is 14.2 Å². The number of benzene rings is 1. The lowest BCUT2D eigenvalue weighted by molar-refractivity contribution is -0.139. The lowest BCUT2D eigenvalue weighted by Crippen LogP contribution is -2.41. The van der Waals surface area contributed by atoms with Crippen LogP contribution in [0.25, 0.3) is 10.9 Å². The van der Waals surface area contributed by atoms with Gasteiger partial charge in [-0.1, -0.05) is 6.07 Å². The van der Waals surface area contributed by atoms with Crippen LogP contribution in [0.1, 0.15) is 23.3 Å². The van der Waals surface area contributed by atoms with Crippen molar-refractivity contribution >= 4 is 16.8 Å². The topological polar surface area (TPSA) is 76.0 Å². The third kappa shape index (κ3) is 3.80. The van der Waals surface area contributed by atoms with Crippen molar-refractivity contribution in [2.45, 2.75) is 31.7 Å². The molecular formula is C18H18F3N5O2. The van der Waals surface area contributed by atoms with E-state index in [0.29, 0.717) is 42.6 Å². The Labute approximate surface area is 158 Å². The van der Waals surface area contributed by atoms with Crippen LogP contribution in [0, 0.1) is 0 Å². The molecule has 1 aliphatic heterocycles. The lowest BCUT2D eigenvalue weighted by atomic mass is 10.1. The minimum atomic E-state index is -4.29. The van der Waals surface area contributed by atoms with E-state index in [-0.39, 0.29) is 17.7 Å². The number of halogens is 3. The van der Waals surface area contributed by atoms with Gasteiger partial charge in [-0.25, -0.2) is 0 Å². The van der Waals surface area contributed by atoms with Crippen LogP contribution in [-0.4, -0.2) is 56.2 Å². The predicted molar refractivity (Wildman–Crippen MR) is 93.9 cm³/mol. The van der Waals surface area contributed by atoms with Crippen molar-refractivity contribution in [3.63, 3.8) is 0 Å². The largest absolute Gasteiger partial charge is 0.490 e. The van der Waals surface area contributed by atoms with Gasteiger partial charge >= 0.3 is 6.18 Å².